The number of nitrogens with zero attached hydrogens (tertiary/aromatic N) is 2. The van der Waals surface area contributed by atoms with E-state index in [0.717, 1.165) is 0 Å². The quantitative estimate of drug-likeness (QED) is 0.484. The Morgan fingerprint density at radius 3 is 2.68 bits per heavy atom. The van der Waals surface area contributed by atoms with E-state index in [0.29, 0.717) is 16.1 Å². The molecule has 0 radical (unpaired) electrons. The van der Waals surface area contributed by atoms with Crippen LogP contribution in [0.1, 0.15) is 29.8 Å². The Bertz CT molecular complexity index is 791. The number of carbonyl (C=O) groups is 2. The molecule has 1 aromatic heterocycles. The number of hydrogen-bond donors (Lipinski definition) is 1. The van der Waals surface area contributed by atoms with Gasteiger partial charge in [0.25, 0.3) is 0 Å². The molecular formula is C18H17ClN2O4. The highest BCUT2D eigenvalue weighted by Crippen LogP contribution is 2.21. The number of aliphatic imine (C=N–C) groups is 1. The summed E-state index contributed by atoms with van der Waals surface area (Å²) in [7, 11) is 0. The number of carboxylic acid groups (broad SMARTS) is 1. The molecule has 1 N–H and O–H groups in total. The molecule has 0 bridgehead atoms. The van der Waals surface area contributed by atoms with Crippen LogP contribution in [0, 0.1) is 5.92 Å². The maximum absolute atomic E-state index is 12.1. The fraction of sp³-hybridized carbons (Fsp3) is 0.222. The average Bonchev–Trinajstić information content (AvgIpc) is 2.54. The highest BCUT2D eigenvalue weighted by atomic mass is 35.5. The molecule has 1 heterocycles. The van der Waals surface area contributed by atoms with Crippen molar-refractivity contribution in [1.29, 1.82) is 0 Å². The molecular weight excluding hydrogens is 344 g/mol. The number of aromatic nitrogens is 1. The fourth-order valence-electron chi connectivity index (χ4n) is 2.05. The van der Waals surface area contributed by atoms with Gasteiger partial charge in [0.1, 0.15) is 11.8 Å². The molecule has 25 heavy (non-hydrogen) atoms. The lowest BCUT2D eigenvalue weighted by atomic mass is 10.1. The van der Waals surface area contributed by atoms with Crippen molar-refractivity contribution in [2.45, 2.75) is 19.9 Å². The number of ether oxygens (including phenoxy) is 1. The summed E-state index contributed by atoms with van der Waals surface area (Å²) in [5.41, 5.74) is 0.844. The molecule has 2 aromatic rings. The molecule has 1 unspecified atom stereocenters. The number of carboxylic acids is 1. The minimum atomic E-state index is -1.00. The number of carbonyl (C=O) groups excluding carboxylic acids is 1. The Morgan fingerprint density at radius 2 is 2.08 bits per heavy atom. The molecule has 0 fully saturated rings. The van der Waals surface area contributed by atoms with Gasteiger partial charge in [-0.15, -0.1) is 0 Å². The number of halogens is 1. The molecule has 1 aromatic carbocycles. The number of aliphatic carboxylic acids is 1. The molecule has 0 aliphatic heterocycles. The first-order chi connectivity index (χ1) is 11.9. The minimum Gasteiger partial charge on any atom is -0.480 e. The summed E-state index contributed by atoms with van der Waals surface area (Å²) in [6, 6.07) is 7.01. The molecule has 2 rings (SSSR count). The third-order valence-electron chi connectivity index (χ3n) is 3.27. The van der Waals surface area contributed by atoms with Crippen LogP contribution in [0.15, 0.2) is 47.7 Å². The summed E-state index contributed by atoms with van der Waals surface area (Å²) < 4.78 is 5.28. The van der Waals surface area contributed by atoms with Crippen LogP contribution in [0.2, 0.25) is 5.02 Å². The molecule has 1 atom stereocenters. The van der Waals surface area contributed by atoms with Crippen LogP contribution >= 0.6 is 11.6 Å². The second-order valence-corrected chi connectivity index (χ2v) is 6.09. The minimum absolute atomic E-state index is 0.157. The van der Waals surface area contributed by atoms with E-state index in [4.69, 9.17) is 21.4 Å². The third kappa shape index (κ3) is 5.39. The second kappa shape index (κ2) is 8.39. The van der Waals surface area contributed by atoms with Crippen LogP contribution in [0.25, 0.3) is 0 Å². The van der Waals surface area contributed by atoms with Gasteiger partial charge in [0.05, 0.1) is 5.56 Å². The lowest BCUT2D eigenvalue weighted by Crippen LogP contribution is -2.24. The van der Waals surface area contributed by atoms with Gasteiger partial charge < -0.3 is 9.84 Å². The molecule has 7 heteroatoms. The summed E-state index contributed by atoms with van der Waals surface area (Å²) in [4.78, 5) is 31.2. The van der Waals surface area contributed by atoms with Crippen molar-refractivity contribution in [1.82, 2.24) is 4.98 Å². The molecule has 0 saturated carbocycles. The number of esters is 1. The van der Waals surface area contributed by atoms with Crippen molar-refractivity contribution in [3.05, 3.63) is 58.9 Å². The van der Waals surface area contributed by atoms with Crippen molar-refractivity contribution < 1.29 is 19.4 Å². The largest absolute Gasteiger partial charge is 0.480 e. The van der Waals surface area contributed by atoms with Crippen molar-refractivity contribution >= 4 is 29.8 Å². The fourth-order valence-corrected chi connectivity index (χ4v) is 2.29. The summed E-state index contributed by atoms with van der Waals surface area (Å²) in [6.45, 7) is 3.55. The molecule has 0 aliphatic rings. The number of benzene rings is 1. The van der Waals surface area contributed by atoms with Crippen LogP contribution in [0.3, 0.4) is 0 Å². The highest BCUT2D eigenvalue weighted by molar-refractivity contribution is 6.31. The Balaban J connectivity index is 2.20. The van der Waals surface area contributed by atoms with Gasteiger partial charge in [-0.2, -0.15) is 0 Å². The van der Waals surface area contributed by atoms with E-state index < -0.39 is 18.0 Å². The van der Waals surface area contributed by atoms with Crippen LogP contribution in [0.5, 0.6) is 5.75 Å². The Kier molecular flexibility index (Phi) is 6.25. The van der Waals surface area contributed by atoms with Crippen LogP contribution < -0.4 is 4.74 Å². The zero-order valence-electron chi connectivity index (χ0n) is 13.7. The van der Waals surface area contributed by atoms with E-state index in [1.54, 1.807) is 44.3 Å². The number of hydrogen-bond acceptors (Lipinski definition) is 5. The molecule has 6 nitrogen and oxygen atoms in total. The third-order valence-corrected chi connectivity index (χ3v) is 3.49. The van der Waals surface area contributed by atoms with Gasteiger partial charge >= 0.3 is 11.9 Å². The highest BCUT2D eigenvalue weighted by Gasteiger charge is 2.19. The van der Waals surface area contributed by atoms with Crippen LogP contribution in [-0.2, 0) is 4.79 Å². The van der Waals surface area contributed by atoms with E-state index in [1.165, 1.54) is 18.5 Å². The Labute approximate surface area is 150 Å². The maximum Gasteiger partial charge on any atom is 0.345 e. The first-order valence-electron chi connectivity index (χ1n) is 7.55. The van der Waals surface area contributed by atoms with E-state index in [1.807, 2.05) is 0 Å². The monoisotopic (exact) mass is 360 g/mol. The Morgan fingerprint density at radius 1 is 1.32 bits per heavy atom. The predicted molar refractivity (Wildman–Crippen MR) is 94.5 cm³/mol. The van der Waals surface area contributed by atoms with Crippen molar-refractivity contribution in [3.8, 4) is 5.75 Å². The van der Waals surface area contributed by atoms with Crippen molar-refractivity contribution in [2.24, 2.45) is 10.9 Å². The normalized spacial score (nSPS) is 12.3. The van der Waals surface area contributed by atoms with E-state index in [-0.39, 0.29) is 11.7 Å². The average molecular weight is 361 g/mol. The van der Waals surface area contributed by atoms with E-state index in [9.17, 15) is 9.59 Å². The Hall–Kier alpha value is -2.73. The standard InChI is InChI=1S/C18H17ClN2O4/c1-11(2)16(17(22)23)21-9-12-6-14(19)8-15(7-12)25-18(24)13-4-3-5-20-10-13/h3-11,16H,1-2H3,(H,22,23). The smallest absolute Gasteiger partial charge is 0.345 e. The summed E-state index contributed by atoms with van der Waals surface area (Å²) >= 11 is 6.04. The van der Waals surface area contributed by atoms with Crippen molar-refractivity contribution in [2.75, 3.05) is 0 Å². The van der Waals surface area contributed by atoms with E-state index >= 15 is 0 Å². The van der Waals surface area contributed by atoms with Crippen LogP contribution in [0.4, 0.5) is 0 Å². The van der Waals surface area contributed by atoms with Gasteiger partial charge in [0.2, 0.25) is 0 Å². The zero-order chi connectivity index (χ0) is 18.4. The molecule has 0 saturated heterocycles. The maximum atomic E-state index is 12.1. The SMILES string of the molecule is CC(C)C(N=Cc1cc(Cl)cc(OC(=O)c2cccnc2)c1)C(=O)O. The lowest BCUT2D eigenvalue weighted by Gasteiger charge is -2.11. The first kappa shape index (κ1) is 18.6. The summed E-state index contributed by atoms with van der Waals surface area (Å²) in [5.74, 6) is -1.49. The van der Waals surface area contributed by atoms with E-state index in [2.05, 4.69) is 9.98 Å². The number of rotatable bonds is 6. The second-order valence-electron chi connectivity index (χ2n) is 5.66. The van der Waals surface area contributed by atoms with Crippen LogP contribution in [-0.4, -0.2) is 34.3 Å². The summed E-state index contributed by atoms with van der Waals surface area (Å²) in [6.07, 6.45) is 4.36. The molecule has 0 aliphatic carbocycles. The van der Waals surface area contributed by atoms with Gasteiger partial charge in [0, 0.05) is 23.6 Å². The molecule has 130 valence electrons. The topological polar surface area (TPSA) is 88.9 Å². The number of pyridine rings is 1. The first-order valence-corrected chi connectivity index (χ1v) is 7.93. The molecule has 0 spiro atoms. The molecule has 0 amide bonds. The zero-order valence-corrected chi connectivity index (χ0v) is 14.5. The summed E-state index contributed by atoms with van der Waals surface area (Å²) in [5, 5.41) is 9.50. The van der Waals surface area contributed by atoms with Gasteiger partial charge in [-0.05, 0) is 41.8 Å². The van der Waals surface area contributed by atoms with Gasteiger partial charge in [-0.3, -0.25) is 9.98 Å². The lowest BCUT2D eigenvalue weighted by molar-refractivity contribution is -0.139. The van der Waals surface area contributed by atoms with Gasteiger partial charge in [-0.1, -0.05) is 25.4 Å². The van der Waals surface area contributed by atoms with Gasteiger partial charge in [0.15, 0.2) is 0 Å². The van der Waals surface area contributed by atoms with Gasteiger partial charge in [-0.25, -0.2) is 9.59 Å². The van der Waals surface area contributed by atoms with Crippen molar-refractivity contribution in [3.63, 3.8) is 0 Å². The predicted octanol–water partition coefficient (Wildman–Crippen LogP) is 3.48.